The van der Waals surface area contributed by atoms with Gasteiger partial charge in [0, 0.05) is 25.7 Å². The molecule has 1 aliphatic carbocycles. The summed E-state index contributed by atoms with van der Waals surface area (Å²) in [5.41, 5.74) is 0. The van der Waals surface area contributed by atoms with Crippen molar-refractivity contribution in [3.8, 4) is 0 Å². The minimum Gasteiger partial charge on any atom is -0.300 e. The Bertz CT molecular complexity index is 155. The monoisotopic (exact) mass is 184 g/mol. The first-order chi connectivity index (χ1) is 6.20. The van der Waals surface area contributed by atoms with E-state index in [1.165, 1.54) is 12.8 Å². The predicted molar refractivity (Wildman–Crippen MR) is 53.7 cm³/mol. The zero-order chi connectivity index (χ0) is 10.1. The molecule has 0 atom stereocenters. The standard InChI is InChI=1S/C8H16O.C3H4O/c1-3-5-6-7-8(9)4-2;4-3-1-2-3/h3-7H2,1-2H3;1-2H2. The van der Waals surface area contributed by atoms with Crippen molar-refractivity contribution in [1.82, 2.24) is 0 Å². The molecule has 0 heterocycles. The number of carbonyl (C=O) groups is 2. The van der Waals surface area contributed by atoms with Crippen molar-refractivity contribution < 1.29 is 9.59 Å². The van der Waals surface area contributed by atoms with Gasteiger partial charge in [-0.2, -0.15) is 0 Å². The van der Waals surface area contributed by atoms with Crippen molar-refractivity contribution in [3.63, 3.8) is 0 Å². The average molecular weight is 184 g/mol. The quantitative estimate of drug-likeness (QED) is 0.616. The van der Waals surface area contributed by atoms with Crippen LogP contribution in [0.1, 0.15) is 58.8 Å². The van der Waals surface area contributed by atoms with E-state index in [2.05, 4.69) is 6.92 Å². The molecule has 0 unspecified atom stereocenters. The lowest BCUT2D eigenvalue weighted by atomic mass is 10.1. The van der Waals surface area contributed by atoms with E-state index in [-0.39, 0.29) is 0 Å². The third kappa shape index (κ3) is 11.3. The first kappa shape index (κ1) is 12.3. The van der Waals surface area contributed by atoms with Gasteiger partial charge in [0.25, 0.3) is 0 Å². The summed E-state index contributed by atoms with van der Waals surface area (Å²) in [6.07, 6.45) is 6.69. The summed E-state index contributed by atoms with van der Waals surface area (Å²) in [5, 5.41) is 0. The SMILES string of the molecule is CCCCCC(=O)CC.O=C1CC1. The summed E-state index contributed by atoms with van der Waals surface area (Å²) in [6.45, 7) is 4.07. The zero-order valence-corrected chi connectivity index (χ0v) is 8.77. The van der Waals surface area contributed by atoms with Crippen molar-refractivity contribution in [2.75, 3.05) is 0 Å². The third-order valence-electron chi connectivity index (χ3n) is 1.91. The largest absolute Gasteiger partial charge is 0.300 e. The van der Waals surface area contributed by atoms with E-state index < -0.39 is 0 Å². The Kier molecular flexibility index (Phi) is 7.56. The van der Waals surface area contributed by atoms with Crippen LogP contribution in [-0.2, 0) is 9.59 Å². The number of ketones is 2. The third-order valence-corrected chi connectivity index (χ3v) is 1.91. The normalized spacial score (nSPS) is 13.2. The maximum Gasteiger partial charge on any atom is 0.133 e. The lowest BCUT2D eigenvalue weighted by molar-refractivity contribution is -0.118. The molecular formula is C11H20O2. The van der Waals surface area contributed by atoms with Gasteiger partial charge >= 0.3 is 0 Å². The van der Waals surface area contributed by atoms with E-state index in [0.29, 0.717) is 18.0 Å². The molecule has 2 heteroatoms. The second kappa shape index (κ2) is 7.96. The highest BCUT2D eigenvalue weighted by atomic mass is 16.1. The van der Waals surface area contributed by atoms with Gasteiger partial charge in [-0.05, 0) is 6.42 Å². The number of carbonyl (C=O) groups excluding carboxylic acids is 2. The van der Waals surface area contributed by atoms with E-state index >= 15 is 0 Å². The average Bonchev–Trinajstić information content (AvgIpc) is 2.89. The predicted octanol–water partition coefficient (Wildman–Crippen LogP) is 2.90. The van der Waals surface area contributed by atoms with Crippen LogP contribution >= 0.6 is 0 Å². The van der Waals surface area contributed by atoms with Crippen LogP contribution in [0.25, 0.3) is 0 Å². The smallest absolute Gasteiger partial charge is 0.133 e. The first-order valence-electron chi connectivity index (χ1n) is 5.24. The Morgan fingerprint density at radius 2 is 1.77 bits per heavy atom. The molecule has 76 valence electrons. The molecule has 0 amide bonds. The molecule has 0 radical (unpaired) electrons. The van der Waals surface area contributed by atoms with Crippen LogP contribution < -0.4 is 0 Å². The van der Waals surface area contributed by atoms with E-state index in [9.17, 15) is 9.59 Å². The van der Waals surface area contributed by atoms with Crippen LogP contribution in [0.2, 0.25) is 0 Å². The van der Waals surface area contributed by atoms with E-state index in [1.54, 1.807) is 0 Å². The summed E-state index contributed by atoms with van der Waals surface area (Å²) in [4.78, 5) is 20.2. The fourth-order valence-electron chi connectivity index (χ4n) is 0.800. The Morgan fingerprint density at radius 3 is 2.08 bits per heavy atom. The van der Waals surface area contributed by atoms with Crippen molar-refractivity contribution in [2.45, 2.75) is 58.8 Å². The topological polar surface area (TPSA) is 34.1 Å². The van der Waals surface area contributed by atoms with Gasteiger partial charge in [-0.1, -0.05) is 26.7 Å². The lowest BCUT2D eigenvalue weighted by Gasteiger charge is -1.93. The van der Waals surface area contributed by atoms with Crippen LogP contribution in [0.4, 0.5) is 0 Å². The molecule has 0 aromatic carbocycles. The van der Waals surface area contributed by atoms with Crippen LogP contribution in [0, 0.1) is 0 Å². The van der Waals surface area contributed by atoms with Crippen LogP contribution in [0.3, 0.4) is 0 Å². The fourth-order valence-corrected chi connectivity index (χ4v) is 0.800. The van der Waals surface area contributed by atoms with Gasteiger partial charge in [0.2, 0.25) is 0 Å². The number of hydrogen-bond donors (Lipinski definition) is 0. The molecule has 1 rings (SSSR count). The minimum absolute atomic E-state index is 0.406. The maximum absolute atomic E-state index is 10.7. The van der Waals surface area contributed by atoms with Crippen molar-refractivity contribution in [3.05, 3.63) is 0 Å². The summed E-state index contributed by atoms with van der Waals surface area (Å²) in [5.74, 6) is 0.823. The molecule has 1 saturated carbocycles. The number of unbranched alkanes of at least 4 members (excludes halogenated alkanes) is 2. The van der Waals surface area contributed by atoms with Gasteiger partial charge in [0.05, 0.1) is 0 Å². The molecule has 0 saturated heterocycles. The molecule has 1 fully saturated rings. The molecule has 0 spiro atoms. The molecule has 0 bridgehead atoms. The molecule has 2 nitrogen and oxygen atoms in total. The Balaban J connectivity index is 0.000000293. The number of Topliss-reactive ketones (excluding diaryl/α,β-unsaturated/α-hetero) is 2. The molecule has 0 aromatic heterocycles. The Labute approximate surface area is 80.7 Å². The molecule has 13 heavy (non-hydrogen) atoms. The highest BCUT2D eigenvalue weighted by molar-refractivity contribution is 5.92. The number of hydrogen-bond acceptors (Lipinski definition) is 2. The Hall–Kier alpha value is -0.660. The maximum atomic E-state index is 10.7. The highest BCUT2D eigenvalue weighted by Crippen LogP contribution is 2.08. The van der Waals surface area contributed by atoms with Crippen molar-refractivity contribution in [1.29, 1.82) is 0 Å². The zero-order valence-electron chi connectivity index (χ0n) is 8.77. The number of rotatable bonds is 5. The van der Waals surface area contributed by atoms with Gasteiger partial charge in [0.1, 0.15) is 11.6 Å². The van der Waals surface area contributed by atoms with Gasteiger partial charge < -0.3 is 0 Å². The van der Waals surface area contributed by atoms with Crippen LogP contribution in [-0.4, -0.2) is 11.6 Å². The summed E-state index contributed by atoms with van der Waals surface area (Å²) in [7, 11) is 0. The van der Waals surface area contributed by atoms with Gasteiger partial charge in [-0.3, -0.25) is 9.59 Å². The van der Waals surface area contributed by atoms with Gasteiger partial charge in [0.15, 0.2) is 0 Å². The van der Waals surface area contributed by atoms with E-state index in [1.807, 2.05) is 6.92 Å². The summed E-state index contributed by atoms with van der Waals surface area (Å²) < 4.78 is 0. The van der Waals surface area contributed by atoms with E-state index in [4.69, 9.17) is 0 Å². The second-order valence-electron chi connectivity index (χ2n) is 3.39. The van der Waals surface area contributed by atoms with E-state index in [0.717, 1.165) is 25.7 Å². The fraction of sp³-hybridized carbons (Fsp3) is 0.818. The van der Waals surface area contributed by atoms with Crippen molar-refractivity contribution in [2.24, 2.45) is 0 Å². The molecule has 0 aromatic rings. The molecule has 1 aliphatic rings. The lowest BCUT2D eigenvalue weighted by Crippen LogP contribution is -1.93. The molecule has 0 N–H and O–H groups in total. The van der Waals surface area contributed by atoms with Gasteiger partial charge in [-0.15, -0.1) is 0 Å². The van der Waals surface area contributed by atoms with Crippen molar-refractivity contribution >= 4 is 11.6 Å². The van der Waals surface area contributed by atoms with Crippen LogP contribution in [0.5, 0.6) is 0 Å². The Morgan fingerprint density at radius 1 is 1.23 bits per heavy atom. The minimum atomic E-state index is 0.406. The van der Waals surface area contributed by atoms with Crippen LogP contribution in [0.15, 0.2) is 0 Å². The first-order valence-corrected chi connectivity index (χ1v) is 5.24. The van der Waals surface area contributed by atoms with Gasteiger partial charge in [-0.25, -0.2) is 0 Å². The molecule has 0 aliphatic heterocycles. The highest BCUT2D eigenvalue weighted by Gasteiger charge is 2.13. The summed E-state index contributed by atoms with van der Waals surface area (Å²) >= 11 is 0. The second-order valence-corrected chi connectivity index (χ2v) is 3.39. The summed E-state index contributed by atoms with van der Waals surface area (Å²) in [6, 6.07) is 0. The molecular weight excluding hydrogens is 164 g/mol.